The highest BCUT2D eigenvalue weighted by atomic mass is 16.6. The third kappa shape index (κ3) is 7.56. The normalized spacial score (nSPS) is 17.3. The van der Waals surface area contributed by atoms with Gasteiger partial charge in [-0.05, 0) is 82.6 Å². The maximum atomic E-state index is 13.4. The average molecular weight is 532 g/mol. The van der Waals surface area contributed by atoms with Crippen LogP contribution in [0.2, 0.25) is 0 Å². The topological polar surface area (TPSA) is 107 Å². The standard InChI is InChI=1S/C31H37N3O5/c1-31(2,3)39-30(37)33-19-21-11-9-20(10-12-21)18-32-28(35)25-17-27(34-26-8-6-5-7-24(25)26)22-13-15-23(16-14-22)29(36)38-4/h5-8,13-17,20-21H,9-12,18-19H2,1-4H3,(H,32,35)(H,33,37). The van der Waals surface area contributed by atoms with Crippen LogP contribution in [-0.2, 0) is 9.47 Å². The van der Waals surface area contributed by atoms with E-state index in [4.69, 9.17) is 14.5 Å². The van der Waals surface area contributed by atoms with Crippen LogP contribution in [0.3, 0.4) is 0 Å². The van der Waals surface area contributed by atoms with Gasteiger partial charge in [0.25, 0.3) is 5.91 Å². The molecule has 0 spiro atoms. The Bertz CT molecular complexity index is 1320. The monoisotopic (exact) mass is 531 g/mol. The predicted molar refractivity (Wildman–Crippen MR) is 151 cm³/mol. The molecule has 1 aromatic heterocycles. The van der Waals surface area contributed by atoms with Crippen molar-refractivity contribution in [1.82, 2.24) is 15.6 Å². The Hall–Kier alpha value is -3.94. The number of benzene rings is 2. The van der Waals surface area contributed by atoms with Crippen LogP contribution < -0.4 is 10.6 Å². The summed E-state index contributed by atoms with van der Waals surface area (Å²) in [6, 6.07) is 16.4. The van der Waals surface area contributed by atoms with Crippen LogP contribution in [0.15, 0.2) is 54.6 Å². The van der Waals surface area contributed by atoms with Crippen molar-refractivity contribution in [3.8, 4) is 11.3 Å². The van der Waals surface area contributed by atoms with Gasteiger partial charge in [0.15, 0.2) is 0 Å². The fourth-order valence-corrected chi connectivity index (χ4v) is 4.92. The minimum Gasteiger partial charge on any atom is -0.465 e. The highest BCUT2D eigenvalue weighted by molar-refractivity contribution is 6.07. The molecule has 1 fully saturated rings. The molecule has 0 aliphatic heterocycles. The summed E-state index contributed by atoms with van der Waals surface area (Å²) < 4.78 is 10.1. The van der Waals surface area contributed by atoms with Crippen LogP contribution in [0.25, 0.3) is 22.2 Å². The quantitative estimate of drug-likeness (QED) is 0.376. The second-order valence-corrected chi connectivity index (χ2v) is 11.1. The van der Waals surface area contributed by atoms with E-state index in [-0.39, 0.29) is 12.0 Å². The first kappa shape index (κ1) is 28.1. The molecular formula is C31H37N3O5. The van der Waals surface area contributed by atoms with Gasteiger partial charge in [0.2, 0.25) is 0 Å². The average Bonchev–Trinajstić information content (AvgIpc) is 2.93. The van der Waals surface area contributed by atoms with Crippen molar-refractivity contribution < 1.29 is 23.9 Å². The molecule has 8 heteroatoms. The molecule has 39 heavy (non-hydrogen) atoms. The molecule has 8 nitrogen and oxygen atoms in total. The zero-order chi connectivity index (χ0) is 28.0. The molecule has 4 rings (SSSR count). The first-order valence-corrected chi connectivity index (χ1v) is 13.5. The third-order valence-electron chi connectivity index (χ3n) is 7.01. The van der Waals surface area contributed by atoms with Crippen molar-refractivity contribution in [3.63, 3.8) is 0 Å². The number of methoxy groups -OCH3 is 1. The summed E-state index contributed by atoms with van der Waals surface area (Å²) in [5.41, 5.74) is 2.72. The summed E-state index contributed by atoms with van der Waals surface area (Å²) in [5.74, 6) is 0.281. The highest BCUT2D eigenvalue weighted by Crippen LogP contribution is 2.29. The Morgan fingerprint density at radius 2 is 1.51 bits per heavy atom. The van der Waals surface area contributed by atoms with E-state index in [1.165, 1.54) is 7.11 Å². The molecular weight excluding hydrogens is 494 g/mol. The van der Waals surface area contributed by atoms with Gasteiger partial charge in [0.1, 0.15) is 5.60 Å². The summed E-state index contributed by atoms with van der Waals surface area (Å²) >= 11 is 0. The van der Waals surface area contributed by atoms with Gasteiger partial charge in [0.05, 0.1) is 29.4 Å². The molecule has 0 bridgehead atoms. The summed E-state index contributed by atoms with van der Waals surface area (Å²) in [4.78, 5) is 41.8. The van der Waals surface area contributed by atoms with E-state index in [0.717, 1.165) is 42.1 Å². The second-order valence-electron chi connectivity index (χ2n) is 11.1. The van der Waals surface area contributed by atoms with Gasteiger partial charge >= 0.3 is 12.1 Å². The van der Waals surface area contributed by atoms with E-state index < -0.39 is 11.6 Å². The zero-order valence-corrected chi connectivity index (χ0v) is 23.1. The number of hydrogen-bond acceptors (Lipinski definition) is 6. The minimum atomic E-state index is -0.504. The maximum Gasteiger partial charge on any atom is 0.407 e. The SMILES string of the molecule is COC(=O)c1ccc(-c2cc(C(=O)NCC3CCC(CNC(=O)OC(C)(C)C)CC3)c3ccccc3n2)cc1. The van der Waals surface area contributed by atoms with Gasteiger partial charge in [-0.2, -0.15) is 0 Å². The summed E-state index contributed by atoms with van der Waals surface area (Å²) in [5, 5.41) is 6.82. The minimum absolute atomic E-state index is 0.130. The maximum absolute atomic E-state index is 13.4. The van der Waals surface area contributed by atoms with Crippen LogP contribution in [0.1, 0.15) is 67.2 Å². The number of nitrogens with zero attached hydrogens (tertiary/aromatic N) is 1. The van der Waals surface area contributed by atoms with Crippen LogP contribution in [0.5, 0.6) is 0 Å². The molecule has 0 atom stereocenters. The highest BCUT2D eigenvalue weighted by Gasteiger charge is 2.24. The molecule has 2 amide bonds. The van der Waals surface area contributed by atoms with E-state index in [0.29, 0.717) is 41.7 Å². The number of carbonyl (C=O) groups is 3. The van der Waals surface area contributed by atoms with Gasteiger partial charge in [0, 0.05) is 24.0 Å². The van der Waals surface area contributed by atoms with Crippen molar-refractivity contribution in [2.24, 2.45) is 11.8 Å². The number of esters is 1. The number of alkyl carbamates (subject to hydrolysis) is 1. The number of hydrogen-bond donors (Lipinski definition) is 2. The van der Waals surface area contributed by atoms with Gasteiger partial charge in [-0.1, -0.05) is 30.3 Å². The molecule has 0 unspecified atom stereocenters. The third-order valence-corrected chi connectivity index (χ3v) is 7.01. The number of fused-ring (bicyclic) bond motifs is 1. The molecule has 1 aliphatic rings. The predicted octanol–water partition coefficient (Wildman–Crippen LogP) is 5.75. The number of ether oxygens (including phenoxy) is 2. The largest absolute Gasteiger partial charge is 0.465 e. The molecule has 0 radical (unpaired) electrons. The number of aromatic nitrogens is 1. The van der Waals surface area contributed by atoms with Gasteiger partial charge in [-0.25, -0.2) is 14.6 Å². The number of nitrogens with one attached hydrogen (secondary N) is 2. The molecule has 1 heterocycles. The van der Waals surface area contributed by atoms with Crippen LogP contribution in [0.4, 0.5) is 4.79 Å². The van der Waals surface area contributed by atoms with Gasteiger partial charge < -0.3 is 20.1 Å². The van der Waals surface area contributed by atoms with Gasteiger partial charge in [-0.15, -0.1) is 0 Å². The molecule has 1 saturated carbocycles. The Morgan fingerprint density at radius 3 is 2.13 bits per heavy atom. The molecule has 3 aromatic rings. The van der Waals surface area contributed by atoms with Crippen LogP contribution in [-0.4, -0.2) is 48.8 Å². The smallest absolute Gasteiger partial charge is 0.407 e. The van der Waals surface area contributed by atoms with E-state index in [9.17, 15) is 14.4 Å². The van der Waals surface area contributed by atoms with Gasteiger partial charge in [-0.3, -0.25) is 4.79 Å². The fraction of sp³-hybridized carbons (Fsp3) is 0.419. The number of para-hydroxylation sites is 1. The summed E-state index contributed by atoms with van der Waals surface area (Å²) in [7, 11) is 1.35. The van der Waals surface area contributed by atoms with Crippen molar-refractivity contribution in [2.75, 3.05) is 20.2 Å². The van der Waals surface area contributed by atoms with E-state index in [1.807, 2.05) is 51.1 Å². The summed E-state index contributed by atoms with van der Waals surface area (Å²) in [6.07, 6.45) is 3.62. The van der Waals surface area contributed by atoms with E-state index >= 15 is 0 Å². The molecule has 1 aliphatic carbocycles. The zero-order valence-electron chi connectivity index (χ0n) is 23.1. The van der Waals surface area contributed by atoms with Crippen LogP contribution in [0, 0.1) is 11.8 Å². The van der Waals surface area contributed by atoms with E-state index in [1.54, 1.807) is 24.3 Å². The number of carbonyl (C=O) groups excluding carboxylic acids is 3. The number of pyridine rings is 1. The Labute approximate surface area is 229 Å². The lowest BCUT2D eigenvalue weighted by Gasteiger charge is -2.29. The molecule has 2 N–H and O–H groups in total. The van der Waals surface area contributed by atoms with E-state index in [2.05, 4.69) is 10.6 Å². The lowest BCUT2D eigenvalue weighted by molar-refractivity contribution is 0.0511. The lowest BCUT2D eigenvalue weighted by Crippen LogP contribution is -2.37. The Balaban J connectivity index is 1.37. The number of amides is 2. The van der Waals surface area contributed by atoms with Crippen molar-refractivity contribution >= 4 is 28.9 Å². The molecule has 2 aromatic carbocycles. The summed E-state index contributed by atoms with van der Waals surface area (Å²) in [6.45, 7) is 6.77. The molecule has 206 valence electrons. The molecule has 0 saturated heterocycles. The lowest BCUT2D eigenvalue weighted by atomic mass is 9.82. The number of rotatable bonds is 7. The first-order chi connectivity index (χ1) is 18.6. The van der Waals surface area contributed by atoms with Crippen molar-refractivity contribution in [2.45, 2.75) is 52.1 Å². The van der Waals surface area contributed by atoms with Crippen molar-refractivity contribution in [1.29, 1.82) is 0 Å². The van der Waals surface area contributed by atoms with Crippen molar-refractivity contribution in [3.05, 3.63) is 65.7 Å². The first-order valence-electron chi connectivity index (χ1n) is 13.5. The second kappa shape index (κ2) is 12.3. The fourth-order valence-electron chi connectivity index (χ4n) is 4.92. The Morgan fingerprint density at radius 1 is 0.897 bits per heavy atom. The Kier molecular flexibility index (Phi) is 8.84. The van der Waals surface area contributed by atoms with Crippen LogP contribution >= 0.6 is 0 Å².